The van der Waals surface area contributed by atoms with Crippen LogP contribution in [0.1, 0.15) is 38.2 Å². The minimum atomic E-state index is -0.754. The van der Waals surface area contributed by atoms with Gasteiger partial charge in [0.25, 0.3) is 0 Å². The number of hydrogen-bond donors (Lipinski definition) is 0. The first-order valence-corrected chi connectivity index (χ1v) is 9.95. The van der Waals surface area contributed by atoms with Crippen LogP contribution in [0.3, 0.4) is 0 Å². The second kappa shape index (κ2) is 6.71. The average molecular weight is 379 g/mol. The van der Waals surface area contributed by atoms with Crippen molar-refractivity contribution < 1.29 is 9.53 Å². The summed E-state index contributed by atoms with van der Waals surface area (Å²) in [6, 6.07) is 12.9. The monoisotopic (exact) mass is 379 g/mol. The summed E-state index contributed by atoms with van der Waals surface area (Å²) in [5.74, 6) is 0.395. The predicted molar refractivity (Wildman–Crippen MR) is 111 cm³/mol. The number of carbonyl (C=O) groups excluding carboxylic acids is 1. The standard InChI is InChI=1S/C20H22BN3O2S/c1-20(2,17(25)26-3)27-19-23-22-18(21)24(19)16-11-10-13(12-8-9-12)14-6-4-5-7-15(14)16/h4-7,10-12H,8-9,21H2,1-3H3. The molecule has 1 saturated carbocycles. The maximum Gasteiger partial charge on any atom is 0.321 e. The zero-order chi connectivity index (χ0) is 19.2. The molecule has 3 aromatic rings. The maximum atomic E-state index is 12.1. The van der Waals surface area contributed by atoms with E-state index in [2.05, 4.69) is 46.6 Å². The van der Waals surface area contributed by atoms with Crippen LogP contribution < -0.4 is 5.72 Å². The third-order valence-corrected chi connectivity index (χ3v) is 6.14. The van der Waals surface area contributed by atoms with Gasteiger partial charge < -0.3 is 4.74 Å². The topological polar surface area (TPSA) is 57.0 Å². The Morgan fingerprint density at radius 2 is 1.89 bits per heavy atom. The molecule has 2 aromatic carbocycles. The van der Waals surface area contributed by atoms with Crippen molar-refractivity contribution in [2.45, 2.75) is 42.5 Å². The van der Waals surface area contributed by atoms with E-state index < -0.39 is 4.75 Å². The highest BCUT2D eigenvalue weighted by atomic mass is 32.2. The number of methoxy groups -OCH3 is 1. The van der Waals surface area contributed by atoms with Crippen molar-refractivity contribution in [2.24, 2.45) is 0 Å². The van der Waals surface area contributed by atoms with Gasteiger partial charge in [0.15, 0.2) is 13.0 Å². The number of aromatic nitrogens is 3. The molecule has 0 amide bonds. The Balaban J connectivity index is 1.84. The van der Waals surface area contributed by atoms with Gasteiger partial charge in [-0.1, -0.05) is 42.1 Å². The van der Waals surface area contributed by atoms with Crippen LogP contribution in [-0.2, 0) is 9.53 Å². The first-order chi connectivity index (χ1) is 12.9. The summed E-state index contributed by atoms with van der Waals surface area (Å²) in [5.41, 5.74) is 3.26. The fourth-order valence-electron chi connectivity index (χ4n) is 3.45. The van der Waals surface area contributed by atoms with Crippen LogP contribution in [0.25, 0.3) is 16.5 Å². The summed E-state index contributed by atoms with van der Waals surface area (Å²) in [5, 5.41) is 11.8. The van der Waals surface area contributed by atoms with E-state index in [0.29, 0.717) is 11.1 Å². The molecule has 0 unspecified atom stereocenters. The molecule has 0 spiro atoms. The number of ether oxygens (including phenoxy) is 1. The van der Waals surface area contributed by atoms with Crippen molar-refractivity contribution in [3.63, 3.8) is 0 Å². The number of carbonyl (C=O) groups is 1. The van der Waals surface area contributed by atoms with Crippen LogP contribution in [0.5, 0.6) is 0 Å². The summed E-state index contributed by atoms with van der Waals surface area (Å²) < 4.78 is 6.22. The van der Waals surface area contributed by atoms with Gasteiger partial charge in [0.1, 0.15) is 4.75 Å². The number of rotatable bonds is 5. The third kappa shape index (κ3) is 3.25. The quantitative estimate of drug-likeness (QED) is 0.388. The summed E-state index contributed by atoms with van der Waals surface area (Å²) in [6.07, 6.45) is 2.53. The van der Waals surface area contributed by atoms with E-state index in [1.165, 1.54) is 48.0 Å². The highest BCUT2D eigenvalue weighted by Crippen LogP contribution is 2.44. The van der Waals surface area contributed by atoms with Gasteiger partial charge in [-0.25, -0.2) is 0 Å². The van der Waals surface area contributed by atoms with Crippen molar-refractivity contribution in [1.82, 2.24) is 14.8 Å². The molecule has 0 radical (unpaired) electrons. The van der Waals surface area contributed by atoms with Gasteiger partial charge in [0, 0.05) is 5.39 Å². The first-order valence-electron chi connectivity index (χ1n) is 9.14. The van der Waals surface area contributed by atoms with Crippen LogP contribution in [0, 0.1) is 0 Å². The van der Waals surface area contributed by atoms with Crippen LogP contribution >= 0.6 is 11.8 Å². The Morgan fingerprint density at radius 3 is 2.56 bits per heavy atom. The summed E-state index contributed by atoms with van der Waals surface area (Å²) in [7, 11) is 3.34. The van der Waals surface area contributed by atoms with E-state index in [4.69, 9.17) is 4.74 Å². The lowest BCUT2D eigenvalue weighted by atomic mass is 9.99. The molecule has 1 aromatic heterocycles. The molecule has 138 valence electrons. The second-order valence-corrected chi connectivity index (χ2v) is 9.05. The largest absolute Gasteiger partial charge is 0.468 e. The fourth-order valence-corrected chi connectivity index (χ4v) is 4.48. The zero-order valence-corrected chi connectivity index (χ0v) is 16.8. The van der Waals surface area contributed by atoms with Crippen LogP contribution in [0.2, 0.25) is 0 Å². The summed E-state index contributed by atoms with van der Waals surface area (Å²) >= 11 is 1.37. The van der Waals surface area contributed by atoms with Gasteiger partial charge in [-0.15, -0.1) is 10.2 Å². The van der Waals surface area contributed by atoms with Crippen molar-refractivity contribution in [3.8, 4) is 5.69 Å². The molecule has 0 aliphatic heterocycles. The maximum absolute atomic E-state index is 12.1. The molecule has 0 atom stereocenters. The molecular formula is C20H22BN3O2S. The van der Waals surface area contributed by atoms with E-state index in [1.54, 1.807) is 0 Å². The second-order valence-electron chi connectivity index (χ2n) is 7.46. The summed E-state index contributed by atoms with van der Waals surface area (Å²) in [6.45, 7) is 3.68. The van der Waals surface area contributed by atoms with E-state index in [0.717, 1.165) is 11.4 Å². The van der Waals surface area contributed by atoms with Crippen molar-refractivity contribution in [1.29, 1.82) is 0 Å². The minimum absolute atomic E-state index is 0.284. The normalized spacial score (nSPS) is 14.5. The smallest absolute Gasteiger partial charge is 0.321 e. The van der Waals surface area contributed by atoms with Crippen molar-refractivity contribution in [2.75, 3.05) is 7.11 Å². The van der Waals surface area contributed by atoms with E-state index in [9.17, 15) is 4.79 Å². The van der Waals surface area contributed by atoms with Crippen molar-refractivity contribution >= 4 is 42.1 Å². The molecule has 1 aliphatic rings. The van der Waals surface area contributed by atoms with Crippen molar-refractivity contribution in [3.05, 3.63) is 42.0 Å². The van der Waals surface area contributed by atoms with Crippen LogP contribution in [-0.4, -0.2) is 40.4 Å². The van der Waals surface area contributed by atoms with Gasteiger partial charge in [0.05, 0.1) is 18.5 Å². The van der Waals surface area contributed by atoms with Gasteiger partial charge in [0.2, 0.25) is 0 Å². The first kappa shape index (κ1) is 18.1. The lowest BCUT2D eigenvalue weighted by Gasteiger charge is -2.21. The third-order valence-electron chi connectivity index (χ3n) is 5.01. The molecule has 4 rings (SSSR count). The highest BCUT2D eigenvalue weighted by Gasteiger charge is 2.33. The molecule has 1 fully saturated rings. The Kier molecular flexibility index (Phi) is 4.50. The Labute approximate surface area is 163 Å². The summed E-state index contributed by atoms with van der Waals surface area (Å²) in [4.78, 5) is 12.1. The minimum Gasteiger partial charge on any atom is -0.468 e. The molecule has 1 aliphatic carbocycles. The lowest BCUT2D eigenvalue weighted by molar-refractivity contribution is -0.142. The lowest BCUT2D eigenvalue weighted by Crippen LogP contribution is -2.30. The van der Waals surface area contributed by atoms with Gasteiger partial charge in [-0.3, -0.25) is 9.36 Å². The average Bonchev–Trinajstić information content (AvgIpc) is 3.44. The highest BCUT2D eigenvalue weighted by molar-refractivity contribution is 8.01. The molecule has 0 bridgehead atoms. The van der Waals surface area contributed by atoms with E-state index >= 15 is 0 Å². The number of nitrogens with zero attached hydrogens (tertiary/aromatic N) is 3. The predicted octanol–water partition coefficient (Wildman–Crippen LogP) is 2.60. The Morgan fingerprint density at radius 1 is 1.19 bits per heavy atom. The number of benzene rings is 2. The zero-order valence-electron chi connectivity index (χ0n) is 16.0. The molecular weight excluding hydrogens is 357 g/mol. The Bertz CT molecular complexity index is 1030. The number of fused-ring (bicyclic) bond motifs is 1. The molecule has 1 heterocycles. The van der Waals surface area contributed by atoms with E-state index in [-0.39, 0.29) is 5.97 Å². The van der Waals surface area contributed by atoms with Gasteiger partial charge in [-0.2, -0.15) is 0 Å². The number of thioether (sulfide) groups is 1. The molecule has 0 saturated heterocycles. The number of esters is 1. The van der Waals surface area contributed by atoms with Gasteiger partial charge >= 0.3 is 5.97 Å². The van der Waals surface area contributed by atoms with Gasteiger partial charge in [-0.05, 0) is 49.6 Å². The molecule has 27 heavy (non-hydrogen) atoms. The fraction of sp³-hybridized carbons (Fsp3) is 0.350. The van der Waals surface area contributed by atoms with Crippen LogP contribution in [0.4, 0.5) is 0 Å². The Hall–Kier alpha value is -2.28. The molecule has 0 N–H and O–H groups in total. The molecule has 5 nitrogen and oxygen atoms in total. The SMILES string of the molecule is Bc1nnc(SC(C)(C)C(=O)OC)n1-c1ccc(C2CC2)c2ccccc12. The van der Waals surface area contributed by atoms with Crippen LogP contribution in [0.15, 0.2) is 41.6 Å². The number of hydrogen-bond acceptors (Lipinski definition) is 5. The van der Waals surface area contributed by atoms with E-state index in [1.807, 2.05) is 26.3 Å². The molecule has 7 heteroatoms.